The highest BCUT2D eigenvalue weighted by Crippen LogP contribution is 1.96. The summed E-state index contributed by atoms with van der Waals surface area (Å²) in [6, 6.07) is 0. The third-order valence-electron chi connectivity index (χ3n) is 1.83. The molecule has 0 fully saturated rings. The van der Waals surface area contributed by atoms with Gasteiger partial charge in [0, 0.05) is 25.4 Å². The Hall–Kier alpha value is -0.260. The Morgan fingerprint density at radius 1 is 1.29 bits per heavy atom. The molecule has 1 N–H and O–H groups in total. The molecule has 0 aromatic heterocycles. The molecular weight excluding hydrogens is 200 g/mol. The first-order valence-corrected chi connectivity index (χ1v) is 6.03. The summed E-state index contributed by atoms with van der Waals surface area (Å²) in [6.07, 6.45) is 2.03. The molecule has 0 aliphatic heterocycles. The lowest BCUT2D eigenvalue weighted by molar-refractivity contribution is -0.138. The fraction of sp³-hybridized carbons (Fsp3) is 0.889. The summed E-state index contributed by atoms with van der Waals surface area (Å²) in [6.45, 7) is 2.72. The minimum atomic E-state index is -0.746. The van der Waals surface area contributed by atoms with Gasteiger partial charge in [0.1, 0.15) is 0 Å². The zero-order valence-electron chi connectivity index (χ0n) is 9.19. The van der Waals surface area contributed by atoms with Crippen LogP contribution in [0, 0.1) is 0 Å². The Bertz CT molecular complexity index is 165. The van der Waals surface area contributed by atoms with Crippen LogP contribution in [0.2, 0.25) is 0 Å². The van der Waals surface area contributed by atoms with E-state index in [4.69, 9.17) is 5.11 Å². The van der Waals surface area contributed by atoms with Crippen molar-refractivity contribution in [2.45, 2.75) is 0 Å². The third kappa shape index (κ3) is 8.34. The lowest BCUT2D eigenvalue weighted by Crippen LogP contribution is -2.37. The lowest BCUT2D eigenvalue weighted by Gasteiger charge is -2.21. The lowest BCUT2D eigenvalue weighted by atomic mass is 10.4. The summed E-state index contributed by atoms with van der Waals surface area (Å²) >= 11 is 1.74. The van der Waals surface area contributed by atoms with E-state index in [9.17, 15) is 4.79 Å². The van der Waals surface area contributed by atoms with E-state index in [-0.39, 0.29) is 6.54 Å². The maximum atomic E-state index is 10.6. The fourth-order valence-corrected chi connectivity index (χ4v) is 1.46. The highest BCUT2D eigenvalue weighted by molar-refractivity contribution is 7.98. The van der Waals surface area contributed by atoms with Crippen LogP contribution in [0.3, 0.4) is 0 Å². The molecule has 84 valence electrons. The molecule has 0 radical (unpaired) electrons. The monoisotopic (exact) mass is 220 g/mol. The number of hydrogen-bond acceptors (Lipinski definition) is 4. The van der Waals surface area contributed by atoms with Crippen molar-refractivity contribution in [3.8, 4) is 0 Å². The number of aliphatic carboxylic acids is 1. The molecule has 4 nitrogen and oxygen atoms in total. The van der Waals surface area contributed by atoms with Crippen LogP contribution in [0.5, 0.6) is 0 Å². The van der Waals surface area contributed by atoms with Gasteiger partial charge >= 0.3 is 5.97 Å². The van der Waals surface area contributed by atoms with E-state index >= 15 is 0 Å². The molecule has 0 amide bonds. The number of carboxylic acid groups (broad SMARTS) is 1. The maximum absolute atomic E-state index is 10.6. The van der Waals surface area contributed by atoms with E-state index in [2.05, 4.69) is 4.90 Å². The smallest absolute Gasteiger partial charge is 0.317 e. The Morgan fingerprint density at radius 2 is 1.93 bits per heavy atom. The van der Waals surface area contributed by atoms with Gasteiger partial charge in [0.25, 0.3) is 0 Å². The van der Waals surface area contributed by atoms with E-state index in [1.807, 2.05) is 25.3 Å². The van der Waals surface area contributed by atoms with E-state index < -0.39 is 5.97 Å². The van der Waals surface area contributed by atoms with Crippen molar-refractivity contribution in [1.29, 1.82) is 0 Å². The topological polar surface area (TPSA) is 43.8 Å². The summed E-state index contributed by atoms with van der Waals surface area (Å²) in [4.78, 5) is 14.6. The average Bonchev–Trinajstić information content (AvgIpc) is 2.09. The van der Waals surface area contributed by atoms with Crippen LogP contribution in [-0.4, -0.2) is 73.2 Å². The number of likely N-dealkylation sites (N-methyl/N-ethyl adjacent to an activating group) is 1. The predicted molar refractivity (Wildman–Crippen MR) is 61.0 cm³/mol. The molecule has 0 aliphatic rings. The summed E-state index contributed by atoms with van der Waals surface area (Å²) in [5, 5.41) is 8.69. The molecule has 0 saturated heterocycles. The molecule has 0 saturated carbocycles. The Labute approximate surface area is 90.3 Å². The fourth-order valence-electron chi connectivity index (χ4n) is 1.02. The van der Waals surface area contributed by atoms with Crippen LogP contribution in [0.25, 0.3) is 0 Å². The first kappa shape index (κ1) is 13.7. The van der Waals surface area contributed by atoms with Crippen LogP contribution in [0.15, 0.2) is 0 Å². The zero-order valence-corrected chi connectivity index (χ0v) is 10.0. The molecule has 0 spiro atoms. The standard InChI is InChI=1S/C9H20N2O2S/c1-10(2)4-5-11(6-7-14-3)8-9(12)13/h4-8H2,1-3H3,(H,12,13). The van der Waals surface area contributed by atoms with Crippen LogP contribution < -0.4 is 0 Å². The number of carboxylic acids is 1. The number of carbonyl (C=O) groups is 1. The summed E-state index contributed by atoms with van der Waals surface area (Å²) < 4.78 is 0. The highest BCUT2D eigenvalue weighted by atomic mass is 32.2. The second kappa shape index (κ2) is 8.08. The zero-order chi connectivity index (χ0) is 11.0. The van der Waals surface area contributed by atoms with Crippen LogP contribution in [-0.2, 0) is 4.79 Å². The van der Waals surface area contributed by atoms with Gasteiger partial charge in [0.05, 0.1) is 6.54 Å². The number of thioether (sulfide) groups is 1. The normalized spacial score (nSPS) is 11.2. The van der Waals surface area contributed by atoms with Crippen molar-refractivity contribution in [3.63, 3.8) is 0 Å². The van der Waals surface area contributed by atoms with Crippen molar-refractivity contribution in [2.75, 3.05) is 52.3 Å². The Morgan fingerprint density at radius 3 is 2.36 bits per heavy atom. The molecule has 5 heteroatoms. The van der Waals surface area contributed by atoms with Gasteiger partial charge in [-0.15, -0.1) is 0 Å². The third-order valence-corrected chi connectivity index (χ3v) is 2.42. The van der Waals surface area contributed by atoms with Gasteiger partial charge in [0.2, 0.25) is 0 Å². The number of hydrogen-bond donors (Lipinski definition) is 1. The predicted octanol–water partition coefficient (Wildman–Crippen LogP) is 0.298. The molecule has 14 heavy (non-hydrogen) atoms. The van der Waals surface area contributed by atoms with Crippen LogP contribution >= 0.6 is 11.8 Å². The molecule has 0 aromatic carbocycles. The first-order valence-electron chi connectivity index (χ1n) is 4.64. The Kier molecular flexibility index (Phi) is 7.93. The molecular formula is C9H20N2O2S. The van der Waals surface area contributed by atoms with Gasteiger partial charge < -0.3 is 10.0 Å². The van der Waals surface area contributed by atoms with Crippen molar-refractivity contribution in [2.24, 2.45) is 0 Å². The van der Waals surface area contributed by atoms with E-state index in [0.717, 1.165) is 25.4 Å². The number of rotatable bonds is 8. The van der Waals surface area contributed by atoms with Crippen molar-refractivity contribution < 1.29 is 9.90 Å². The van der Waals surface area contributed by atoms with Crippen LogP contribution in [0.4, 0.5) is 0 Å². The van der Waals surface area contributed by atoms with Gasteiger partial charge in [-0.2, -0.15) is 11.8 Å². The summed E-state index contributed by atoms with van der Waals surface area (Å²) in [5.74, 6) is 0.241. The minimum absolute atomic E-state index is 0.147. The van der Waals surface area contributed by atoms with Crippen molar-refractivity contribution in [1.82, 2.24) is 9.80 Å². The molecule has 0 aromatic rings. The second-order valence-corrected chi connectivity index (χ2v) is 4.45. The van der Waals surface area contributed by atoms with Crippen molar-refractivity contribution >= 4 is 17.7 Å². The van der Waals surface area contributed by atoms with Gasteiger partial charge in [-0.1, -0.05) is 0 Å². The molecule has 0 bridgehead atoms. The summed E-state index contributed by atoms with van der Waals surface area (Å²) in [7, 11) is 3.99. The maximum Gasteiger partial charge on any atom is 0.317 e. The van der Waals surface area contributed by atoms with Gasteiger partial charge in [-0.3, -0.25) is 9.69 Å². The number of nitrogens with zero attached hydrogens (tertiary/aromatic N) is 2. The Balaban J connectivity index is 3.78. The van der Waals surface area contributed by atoms with E-state index in [1.165, 1.54) is 0 Å². The molecule has 0 unspecified atom stereocenters. The van der Waals surface area contributed by atoms with Gasteiger partial charge in [0.15, 0.2) is 0 Å². The van der Waals surface area contributed by atoms with Gasteiger partial charge in [-0.25, -0.2) is 0 Å². The van der Waals surface area contributed by atoms with Crippen LogP contribution in [0.1, 0.15) is 0 Å². The molecule has 0 rings (SSSR count). The summed E-state index contributed by atoms with van der Waals surface area (Å²) in [5.41, 5.74) is 0. The largest absolute Gasteiger partial charge is 0.480 e. The highest BCUT2D eigenvalue weighted by Gasteiger charge is 2.08. The minimum Gasteiger partial charge on any atom is -0.480 e. The molecule has 0 atom stereocenters. The first-order chi connectivity index (χ1) is 6.56. The van der Waals surface area contributed by atoms with E-state index in [1.54, 1.807) is 11.8 Å². The van der Waals surface area contributed by atoms with E-state index in [0.29, 0.717) is 0 Å². The average molecular weight is 220 g/mol. The quantitative estimate of drug-likeness (QED) is 0.637. The van der Waals surface area contributed by atoms with Gasteiger partial charge in [-0.05, 0) is 20.4 Å². The molecule has 0 aliphatic carbocycles. The van der Waals surface area contributed by atoms with Crippen molar-refractivity contribution in [3.05, 3.63) is 0 Å². The SMILES string of the molecule is CSCCN(CCN(C)C)CC(=O)O. The molecule has 0 heterocycles. The second-order valence-electron chi connectivity index (χ2n) is 3.47.